The van der Waals surface area contributed by atoms with Gasteiger partial charge in [-0.2, -0.15) is 0 Å². The van der Waals surface area contributed by atoms with Gasteiger partial charge in [-0.1, -0.05) is 6.92 Å². The van der Waals surface area contributed by atoms with Gasteiger partial charge in [0.2, 0.25) is 5.91 Å². The number of nitrogens with one attached hydrogen (secondary N) is 1. The van der Waals surface area contributed by atoms with Crippen molar-refractivity contribution in [3.63, 3.8) is 0 Å². The molecule has 0 radical (unpaired) electrons. The van der Waals surface area contributed by atoms with Crippen molar-refractivity contribution in [1.29, 1.82) is 0 Å². The van der Waals surface area contributed by atoms with E-state index in [-0.39, 0.29) is 28.9 Å². The van der Waals surface area contributed by atoms with Crippen LogP contribution in [0.4, 0.5) is 20.3 Å². The summed E-state index contributed by atoms with van der Waals surface area (Å²) in [6.45, 7) is 4.83. The van der Waals surface area contributed by atoms with Gasteiger partial charge < -0.3 is 15.0 Å². The summed E-state index contributed by atoms with van der Waals surface area (Å²) >= 11 is 0. The average Bonchev–Trinajstić information content (AvgIpc) is 3.45. The van der Waals surface area contributed by atoms with Gasteiger partial charge in [-0.05, 0) is 30.5 Å². The first-order chi connectivity index (χ1) is 17.3. The molecule has 2 aliphatic rings. The molecule has 4 aromatic heterocycles. The standard InChI is InChI=1S/C24H23F2N7O2/c1-13-8-15(13)24(34)29-19-9-16-17(10-27-19)21(22(25)26)28-11-18(16)23-30-20-3-2-14(12-33(20)31-23)32-4-6-35-7-5-32/h2-3,9-13,15,22H,4-8H2,1H3,(H,27,29,34)/t13-,15+/m1/s1/i22D. The minimum atomic E-state index is -3.92. The van der Waals surface area contributed by atoms with E-state index in [1.54, 1.807) is 4.52 Å². The lowest BCUT2D eigenvalue weighted by molar-refractivity contribution is -0.117. The fourth-order valence-electron chi connectivity index (χ4n) is 4.43. The molecule has 0 bridgehead atoms. The highest BCUT2D eigenvalue weighted by Crippen LogP contribution is 2.39. The van der Waals surface area contributed by atoms with Crippen LogP contribution in [0.15, 0.2) is 36.8 Å². The number of halogens is 2. The summed E-state index contributed by atoms with van der Waals surface area (Å²) in [4.78, 5) is 27.2. The molecule has 1 N–H and O–H groups in total. The maximum atomic E-state index is 14.0. The van der Waals surface area contributed by atoms with E-state index in [2.05, 4.69) is 30.3 Å². The van der Waals surface area contributed by atoms with Crippen molar-refractivity contribution in [3.05, 3.63) is 42.5 Å². The lowest BCUT2D eigenvalue weighted by Gasteiger charge is -2.28. The van der Waals surface area contributed by atoms with Gasteiger partial charge in [0.15, 0.2) is 11.5 Å². The van der Waals surface area contributed by atoms with Crippen molar-refractivity contribution in [2.24, 2.45) is 11.8 Å². The van der Waals surface area contributed by atoms with Gasteiger partial charge in [-0.3, -0.25) is 9.78 Å². The van der Waals surface area contributed by atoms with Gasteiger partial charge >= 0.3 is 0 Å². The number of ether oxygens (including phenoxy) is 1. The number of alkyl halides is 2. The first-order valence-electron chi connectivity index (χ1n) is 12.0. The third-order valence-electron chi connectivity index (χ3n) is 6.58. The molecule has 6 rings (SSSR count). The maximum Gasteiger partial charge on any atom is 0.281 e. The molecule has 1 saturated carbocycles. The SMILES string of the molecule is [2H]C(F)(F)c1ncc(-c2nc3ccc(N4CCOCC4)cn3n2)c2cc(NC(=O)[C@H]3C[C@H]3C)ncc12. The highest BCUT2D eigenvalue weighted by molar-refractivity contribution is 6.00. The normalized spacial score (nSPS) is 20.8. The van der Waals surface area contributed by atoms with Crippen molar-refractivity contribution in [3.8, 4) is 11.4 Å². The Morgan fingerprint density at radius 1 is 1.23 bits per heavy atom. The van der Waals surface area contributed by atoms with E-state index in [1.165, 1.54) is 18.5 Å². The quantitative estimate of drug-likeness (QED) is 0.465. The number of hydrogen-bond acceptors (Lipinski definition) is 7. The van der Waals surface area contributed by atoms with Crippen LogP contribution in [0.25, 0.3) is 27.8 Å². The molecular formula is C24H23F2N7O2. The van der Waals surface area contributed by atoms with E-state index in [1.807, 2.05) is 25.3 Å². The fourth-order valence-corrected chi connectivity index (χ4v) is 4.43. The van der Waals surface area contributed by atoms with Crippen LogP contribution in [0.2, 0.25) is 0 Å². The average molecular weight is 480 g/mol. The van der Waals surface area contributed by atoms with E-state index in [4.69, 9.17) is 6.11 Å². The third-order valence-corrected chi connectivity index (χ3v) is 6.58. The Morgan fingerprint density at radius 2 is 2.03 bits per heavy atom. The largest absolute Gasteiger partial charge is 0.378 e. The van der Waals surface area contributed by atoms with Crippen molar-refractivity contribution in [2.45, 2.75) is 19.7 Å². The van der Waals surface area contributed by atoms with Crippen LogP contribution in [-0.2, 0) is 9.53 Å². The zero-order valence-electron chi connectivity index (χ0n) is 19.9. The maximum absolute atomic E-state index is 14.0. The van der Waals surface area contributed by atoms with Crippen LogP contribution < -0.4 is 10.2 Å². The number of carbonyl (C=O) groups excluding carboxylic acids is 1. The van der Waals surface area contributed by atoms with Crippen LogP contribution in [0.1, 0.15) is 26.8 Å². The first kappa shape index (κ1) is 20.6. The predicted molar refractivity (Wildman–Crippen MR) is 125 cm³/mol. The molecule has 11 heteroatoms. The monoisotopic (exact) mass is 480 g/mol. The summed E-state index contributed by atoms with van der Waals surface area (Å²) < 4.78 is 42.4. The molecule has 0 unspecified atom stereocenters. The predicted octanol–water partition coefficient (Wildman–Crippen LogP) is 3.71. The van der Waals surface area contributed by atoms with Crippen molar-refractivity contribution in [1.82, 2.24) is 24.6 Å². The molecule has 5 heterocycles. The number of nitrogens with zero attached hydrogens (tertiary/aromatic N) is 6. The molecule has 0 aromatic carbocycles. The van der Waals surface area contributed by atoms with Crippen LogP contribution in [0, 0.1) is 11.8 Å². The van der Waals surface area contributed by atoms with Gasteiger partial charge in [0.1, 0.15) is 12.9 Å². The van der Waals surface area contributed by atoms with Crippen molar-refractivity contribution >= 4 is 33.8 Å². The molecule has 2 atom stereocenters. The number of morpholine rings is 1. The summed E-state index contributed by atoms with van der Waals surface area (Å²) in [6.07, 6.45) is 1.20. The molecule has 0 spiro atoms. The minimum Gasteiger partial charge on any atom is -0.378 e. The Labute approximate surface area is 200 Å². The van der Waals surface area contributed by atoms with Gasteiger partial charge in [-0.15, -0.1) is 5.10 Å². The highest BCUT2D eigenvalue weighted by Gasteiger charge is 2.39. The number of hydrogen-bond donors (Lipinski definition) is 1. The summed E-state index contributed by atoms with van der Waals surface area (Å²) in [5.41, 5.74) is 1.22. The second kappa shape index (κ2) is 8.49. The summed E-state index contributed by atoms with van der Waals surface area (Å²) in [5.74, 6) is 0.594. The number of aromatic nitrogens is 5. The second-order valence-corrected chi connectivity index (χ2v) is 8.93. The molecule has 180 valence electrons. The molecule has 1 aliphatic heterocycles. The van der Waals surface area contributed by atoms with Crippen LogP contribution >= 0.6 is 0 Å². The summed E-state index contributed by atoms with van der Waals surface area (Å²) in [6, 6.07) is 5.31. The number of fused-ring (bicyclic) bond motifs is 2. The number of rotatable bonds is 5. The van der Waals surface area contributed by atoms with Gasteiger partial charge in [-0.25, -0.2) is 23.3 Å². The highest BCUT2D eigenvalue weighted by atomic mass is 19.3. The van der Waals surface area contributed by atoms with Crippen molar-refractivity contribution < 1.29 is 19.7 Å². The van der Waals surface area contributed by atoms with Crippen LogP contribution in [-0.4, -0.2) is 56.8 Å². The summed E-state index contributed by atoms with van der Waals surface area (Å²) in [7, 11) is 0. The molecular weight excluding hydrogens is 456 g/mol. The van der Waals surface area contributed by atoms with Crippen LogP contribution in [0.3, 0.4) is 0 Å². The number of anilines is 2. The number of amides is 1. The van der Waals surface area contributed by atoms with E-state index in [0.717, 1.165) is 25.2 Å². The Kier molecular flexibility index (Phi) is 5.00. The Bertz CT molecular complexity index is 1480. The molecule has 1 aliphatic carbocycles. The van der Waals surface area contributed by atoms with Gasteiger partial charge in [0.25, 0.3) is 6.40 Å². The van der Waals surface area contributed by atoms with Crippen LogP contribution in [0.5, 0.6) is 0 Å². The lowest BCUT2D eigenvalue weighted by Crippen LogP contribution is -2.36. The Balaban J connectivity index is 1.43. The molecule has 35 heavy (non-hydrogen) atoms. The smallest absolute Gasteiger partial charge is 0.281 e. The summed E-state index contributed by atoms with van der Waals surface area (Å²) in [5, 5.41) is 7.67. The fraction of sp³-hybridized carbons (Fsp3) is 0.375. The molecule has 9 nitrogen and oxygen atoms in total. The lowest BCUT2D eigenvalue weighted by atomic mass is 10.1. The van der Waals surface area contributed by atoms with Gasteiger partial charge in [0, 0.05) is 47.7 Å². The minimum absolute atomic E-state index is 0.00171. The topological polar surface area (TPSA) is 97.5 Å². The molecule has 1 amide bonds. The van der Waals surface area contributed by atoms with E-state index in [9.17, 15) is 13.6 Å². The Hall–Kier alpha value is -3.73. The van der Waals surface area contributed by atoms with E-state index in [0.29, 0.717) is 35.7 Å². The zero-order valence-corrected chi connectivity index (χ0v) is 18.9. The third kappa shape index (κ3) is 4.05. The Morgan fingerprint density at radius 3 is 2.77 bits per heavy atom. The van der Waals surface area contributed by atoms with Crippen molar-refractivity contribution in [2.75, 3.05) is 36.5 Å². The van der Waals surface area contributed by atoms with E-state index >= 15 is 0 Å². The zero-order chi connectivity index (χ0) is 25.0. The second-order valence-electron chi connectivity index (χ2n) is 8.93. The first-order valence-corrected chi connectivity index (χ1v) is 11.5. The molecule has 4 aromatic rings. The van der Waals surface area contributed by atoms with Gasteiger partial charge in [0.05, 0.1) is 25.1 Å². The van der Waals surface area contributed by atoms with E-state index < -0.39 is 12.1 Å². The number of pyridine rings is 3. The molecule has 2 fully saturated rings. The molecule has 1 saturated heterocycles. The number of carbonyl (C=O) groups is 1.